The zero-order chi connectivity index (χ0) is 27.9. The highest BCUT2D eigenvalue weighted by atomic mass is 35.5. The average Bonchev–Trinajstić information content (AvgIpc) is 2.84. The molecule has 13 heteroatoms. The van der Waals surface area contributed by atoms with Gasteiger partial charge in [-0.25, -0.2) is 0 Å². The maximum Gasteiger partial charge on any atom is 0.262 e. The summed E-state index contributed by atoms with van der Waals surface area (Å²) in [6.45, 7) is 5.72. The van der Waals surface area contributed by atoms with Gasteiger partial charge in [0, 0.05) is 28.2 Å². The van der Waals surface area contributed by atoms with Gasteiger partial charge < -0.3 is 19.7 Å². The summed E-state index contributed by atoms with van der Waals surface area (Å²) in [6, 6.07) is 3.08. The SMILES string of the molecule is CCOc1cc(C(c2c(O)n(C)c(=S)n(C)c2=O)c2c(O)n(C)c(=S)n(C)c2=O)cc(Cl)c1OC(C)C. The molecule has 3 rings (SSSR count). The minimum atomic E-state index is -1.29. The standard InChI is InChI=1S/C24H29ClN4O6S2/c1-8-34-14-10-12(9-13(25)18(14)35-11(2)3)15(16-19(30)26(4)23(36)27(5)20(16)31)17-21(32)28(6)24(37)29(7)22(17)33/h9-11,15,30,32H,8H2,1-7H3. The largest absolute Gasteiger partial charge is 0.494 e. The Morgan fingerprint density at radius 2 is 1.35 bits per heavy atom. The molecule has 1 aromatic carbocycles. The van der Waals surface area contributed by atoms with E-state index in [1.807, 2.05) is 13.8 Å². The Morgan fingerprint density at radius 3 is 1.76 bits per heavy atom. The molecule has 2 heterocycles. The summed E-state index contributed by atoms with van der Waals surface area (Å²) in [5.74, 6) is -1.67. The van der Waals surface area contributed by atoms with Crippen LogP contribution in [0.15, 0.2) is 21.7 Å². The number of halogens is 1. The van der Waals surface area contributed by atoms with Gasteiger partial charge in [-0.05, 0) is 62.9 Å². The van der Waals surface area contributed by atoms with Crippen molar-refractivity contribution in [1.29, 1.82) is 0 Å². The molecule has 0 saturated carbocycles. The Labute approximate surface area is 228 Å². The van der Waals surface area contributed by atoms with E-state index in [2.05, 4.69) is 0 Å². The van der Waals surface area contributed by atoms with Crippen molar-refractivity contribution in [1.82, 2.24) is 18.3 Å². The fraction of sp³-hybridized carbons (Fsp3) is 0.417. The highest BCUT2D eigenvalue weighted by Gasteiger charge is 2.33. The Balaban J connectivity index is 2.58. The monoisotopic (exact) mass is 568 g/mol. The van der Waals surface area contributed by atoms with E-state index in [0.717, 1.165) is 0 Å². The van der Waals surface area contributed by atoms with Crippen LogP contribution in [-0.2, 0) is 28.2 Å². The van der Waals surface area contributed by atoms with E-state index in [4.69, 9.17) is 45.5 Å². The summed E-state index contributed by atoms with van der Waals surface area (Å²) in [7, 11) is 5.88. The summed E-state index contributed by atoms with van der Waals surface area (Å²) in [5.41, 5.74) is -1.42. The third-order valence-electron chi connectivity index (χ3n) is 5.93. The predicted octanol–water partition coefficient (Wildman–Crippen LogP) is 3.65. The minimum Gasteiger partial charge on any atom is -0.494 e. The summed E-state index contributed by atoms with van der Waals surface area (Å²) in [4.78, 5) is 27.1. The van der Waals surface area contributed by atoms with Crippen LogP contribution in [0.4, 0.5) is 0 Å². The van der Waals surface area contributed by atoms with Gasteiger partial charge in [0.25, 0.3) is 11.1 Å². The molecule has 2 N–H and O–H groups in total. The van der Waals surface area contributed by atoms with Crippen LogP contribution in [0.3, 0.4) is 0 Å². The van der Waals surface area contributed by atoms with Gasteiger partial charge in [0.1, 0.15) is 0 Å². The van der Waals surface area contributed by atoms with Crippen molar-refractivity contribution < 1.29 is 19.7 Å². The molecule has 0 aliphatic rings. The molecule has 0 spiro atoms. The molecular formula is C24H29ClN4O6S2. The van der Waals surface area contributed by atoms with Crippen LogP contribution in [0.5, 0.6) is 23.3 Å². The molecule has 0 aliphatic heterocycles. The summed E-state index contributed by atoms with van der Waals surface area (Å²) >= 11 is 17.2. The van der Waals surface area contributed by atoms with E-state index in [-0.39, 0.29) is 49.9 Å². The second-order valence-corrected chi connectivity index (χ2v) is 9.89. The molecule has 2 aromatic heterocycles. The van der Waals surface area contributed by atoms with Gasteiger partial charge in [0.15, 0.2) is 21.0 Å². The topological polar surface area (TPSA) is 113 Å². The average molecular weight is 569 g/mol. The lowest BCUT2D eigenvalue weighted by molar-refractivity contribution is 0.224. The molecule has 200 valence electrons. The van der Waals surface area contributed by atoms with E-state index in [0.29, 0.717) is 5.56 Å². The number of aromatic nitrogens is 4. The van der Waals surface area contributed by atoms with Crippen molar-refractivity contribution in [3.05, 3.63) is 64.1 Å². The Kier molecular flexibility index (Phi) is 8.25. The van der Waals surface area contributed by atoms with Crippen LogP contribution in [0.2, 0.25) is 5.02 Å². The fourth-order valence-corrected chi connectivity index (χ4v) is 4.67. The Hall–Kier alpha value is -3.09. The van der Waals surface area contributed by atoms with E-state index < -0.39 is 28.8 Å². The van der Waals surface area contributed by atoms with Crippen molar-refractivity contribution in [2.24, 2.45) is 28.2 Å². The Morgan fingerprint density at radius 1 is 0.892 bits per heavy atom. The molecule has 0 fully saturated rings. The van der Waals surface area contributed by atoms with Crippen LogP contribution < -0.4 is 20.6 Å². The quantitative estimate of drug-likeness (QED) is 0.415. The highest BCUT2D eigenvalue weighted by molar-refractivity contribution is 7.71. The first kappa shape index (κ1) is 28.5. The van der Waals surface area contributed by atoms with Crippen LogP contribution in [-0.4, -0.2) is 41.2 Å². The van der Waals surface area contributed by atoms with Gasteiger partial charge in [0.05, 0.1) is 34.8 Å². The molecule has 0 radical (unpaired) electrons. The van der Waals surface area contributed by atoms with Crippen molar-refractivity contribution in [2.75, 3.05) is 6.61 Å². The molecular weight excluding hydrogens is 540 g/mol. The first-order chi connectivity index (χ1) is 17.2. The molecule has 0 amide bonds. The number of rotatable bonds is 7. The first-order valence-corrected chi connectivity index (χ1v) is 12.5. The highest BCUT2D eigenvalue weighted by Crippen LogP contribution is 2.44. The summed E-state index contributed by atoms with van der Waals surface area (Å²) < 4.78 is 16.6. The van der Waals surface area contributed by atoms with Crippen molar-refractivity contribution in [3.8, 4) is 23.3 Å². The van der Waals surface area contributed by atoms with Crippen molar-refractivity contribution >= 4 is 36.0 Å². The second-order valence-electron chi connectivity index (χ2n) is 8.75. The van der Waals surface area contributed by atoms with Crippen LogP contribution >= 0.6 is 36.0 Å². The number of nitrogens with zero attached hydrogens (tertiary/aromatic N) is 4. The van der Waals surface area contributed by atoms with E-state index in [9.17, 15) is 19.8 Å². The van der Waals surface area contributed by atoms with E-state index in [1.54, 1.807) is 13.0 Å². The fourth-order valence-electron chi connectivity index (χ4n) is 4.07. The number of hydrogen-bond acceptors (Lipinski definition) is 8. The number of aromatic hydroxyl groups is 2. The third-order valence-corrected chi connectivity index (χ3v) is 7.31. The van der Waals surface area contributed by atoms with Crippen molar-refractivity contribution in [3.63, 3.8) is 0 Å². The Bertz CT molecular complexity index is 1530. The van der Waals surface area contributed by atoms with Crippen molar-refractivity contribution in [2.45, 2.75) is 32.8 Å². The smallest absolute Gasteiger partial charge is 0.262 e. The summed E-state index contributed by atoms with van der Waals surface area (Å²) in [6.07, 6.45) is -0.219. The maximum atomic E-state index is 13.5. The molecule has 0 bridgehead atoms. The second kappa shape index (κ2) is 10.7. The molecule has 0 aliphatic carbocycles. The van der Waals surface area contributed by atoms with Gasteiger partial charge in [-0.15, -0.1) is 0 Å². The third kappa shape index (κ3) is 4.92. The first-order valence-electron chi connectivity index (χ1n) is 11.3. The van der Waals surface area contributed by atoms with Gasteiger partial charge in [-0.2, -0.15) is 0 Å². The zero-order valence-electron chi connectivity index (χ0n) is 21.5. The lowest BCUT2D eigenvalue weighted by Crippen LogP contribution is -2.33. The van der Waals surface area contributed by atoms with E-state index >= 15 is 0 Å². The minimum absolute atomic E-state index is 0.0577. The molecule has 0 unspecified atom stereocenters. The number of benzene rings is 1. The number of hydrogen-bond donors (Lipinski definition) is 2. The summed E-state index contributed by atoms with van der Waals surface area (Å²) in [5, 5.41) is 22.4. The molecule has 0 atom stereocenters. The van der Waals surface area contributed by atoms with E-state index in [1.165, 1.54) is 52.5 Å². The van der Waals surface area contributed by atoms with Crippen LogP contribution in [0.1, 0.15) is 43.4 Å². The van der Waals surface area contributed by atoms with Gasteiger partial charge >= 0.3 is 0 Å². The number of ether oxygens (including phenoxy) is 2. The normalized spacial score (nSPS) is 11.4. The van der Waals surface area contributed by atoms with Gasteiger partial charge in [-0.1, -0.05) is 11.6 Å². The predicted molar refractivity (Wildman–Crippen MR) is 146 cm³/mol. The maximum absolute atomic E-state index is 13.5. The molecule has 37 heavy (non-hydrogen) atoms. The molecule has 3 aromatic rings. The lowest BCUT2D eigenvalue weighted by Gasteiger charge is -2.24. The molecule has 0 saturated heterocycles. The van der Waals surface area contributed by atoms with Crippen LogP contribution in [0, 0.1) is 9.54 Å². The zero-order valence-corrected chi connectivity index (χ0v) is 23.9. The lowest BCUT2D eigenvalue weighted by atomic mass is 9.86. The van der Waals surface area contributed by atoms with Gasteiger partial charge in [0.2, 0.25) is 11.8 Å². The van der Waals surface area contributed by atoms with Gasteiger partial charge in [-0.3, -0.25) is 27.9 Å². The van der Waals surface area contributed by atoms with Crippen LogP contribution in [0.25, 0.3) is 0 Å². The molecule has 10 nitrogen and oxygen atoms in total.